The molecule has 0 saturated carbocycles. The van der Waals surface area contributed by atoms with Crippen molar-refractivity contribution in [3.8, 4) is 0 Å². The summed E-state index contributed by atoms with van der Waals surface area (Å²) in [6.07, 6.45) is 5.96. The maximum absolute atomic E-state index is 13.8. The fourth-order valence-corrected chi connectivity index (χ4v) is 6.76. The van der Waals surface area contributed by atoms with Gasteiger partial charge in [0.2, 0.25) is 35.4 Å². The third-order valence-corrected chi connectivity index (χ3v) is 9.73. The molecule has 0 spiro atoms. The maximum Gasteiger partial charge on any atom is 0.472 e. The largest absolute Gasteiger partial charge is 0.472 e. The molecule has 9 N–H and O–H groups in total. The van der Waals surface area contributed by atoms with Crippen molar-refractivity contribution in [3.63, 3.8) is 0 Å². The molecule has 6 amide bonds. The average molecular weight is 813 g/mol. The van der Waals surface area contributed by atoms with Crippen LogP contribution in [0, 0.1) is 5.92 Å². The number of nitrogens with zero attached hydrogens (tertiary/aromatic N) is 2. The number of allylic oxidation sites excluding steroid dienone is 1. The van der Waals surface area contributed by atoms with Crippen LogP contribution in [0.25, 0.3) is 0 Å². The molecule has 2 heterocycles. The first-order valence-corrected chi connectivity index (χ1v) is 19.8. The Labute approximate surface area is 326 Å². The lowest BCUT2D eigenvalue weighted by molar-refractivity contribution is -0.139. The number of primary amides is 1. The second-order valence-electron chi connectivity index (χ2n) is 13.7. The zero-order valence-electron chi connectivity index (χ0n) is 32.3. The minimum absolute atomic E-state index is 0.109. The van der Waals surface area contributed by atoms with Crippen LogP contribution in [0.2, 0.25) is 0 Å². The third kappa shape index (κ3) is 16.0. The summed E-state index contributed by atoms with van der Waals surface area (Å²) in [5, 5.41) is 20.0. The van der Waals surface area contributed by atoms with Crippen LogP contribution in [0.4, 0.5) is 0 Å². The van der Waals surface area contributed by atoms with E-state index in [4.69, 9.17) is 19.5 Å². The van der Waals surface area contributed by atoms with Crippen molar-refractivity contribution in [2.45, 2.75) is 109 Å². The number of rotatable bonds is 26. The molecule has 1 fully saturated rings. The fourth-order valence-electron chi connectivity index (χ4n) is 5.80. The van der Waals surface area contributed by atoms with Gasteiger partial charge in [-0.05, 0) is 38.5 Å². The molecule has 0 aliphatic carbocycles. The van der Waals surface area contributed by atoms with E-state index < -0.39 is 86.4 Å². The molecular formula is C35H57N8O12P. The molecule has 0 aromatic carbocycles. The molecule has 2 rings (SSSR count). The van der Waals surface area contributed by atoms with E-state index in [1.165, 1.54) is 31.3 Å². The number of aliphatic hydroxyl groups excluding tert-OH is 1. The molecule has 0 radical (unpaired) electrons. The molecule has 1 saturated heterocycles. The number of imidazole rings is 1. The summed E-state index contributed by atoms with van der Waals surface area (Å²) in [6, 6.07) is -6.88. The minimum atomic E-state index is -4.69. The van der Waals surface area contributed by atoms with Crippen molar-refractivity contribution < 1.29 is 57.1 Å². The number of nitrogens with one attached hydrogen (secondary N) is 5. The van der Waals surface area contributed by atoms with E-state index >= 15 is 0 Å². The van der Waals surface area contributed by atoms with Gasteiger partial charge in [0.15, 0.2) is 0 Å². The lowest BCUT2D eigenvalue weighted by atomic mass is 10.0. The first kappa shape index (κ1) is 47.7. The lowest BCUT2D eigenvalue weighted by Gasteiger charge is -2.28. The molecule has 21 heteroatoms. The number of aromatic amines is 1. The Morgan fingerprint density at radius 1 is 1.04 bits per heavy atom. The van der Waals surface area contributed by atoms with Crippen molar-refractivity contribution in [3.05, 3.63) is 43.5 Å². The Morgan fingerprint density at radius 3 is 2.27 bits per heavy atom. The van der Waals surface area contributed by atoms with Gasteiger partial charge in [-0.25, -0.2) is 9.55 Å². The van der Waals surface area contributed by atoms with Crippen LogP contribution in [0.3, 0.4) is 0 Å². The molecule has 8 atom stereocenters. The van der Waals surface area contributed by atoms with E-state index in [1.54, 1.807) is 12.2 Å². The SMILES string of the molecule is C=CCCCCOP(=O)(O)OC(C)C(NC(=O)C(CO)NC(=O)C(Cc1cnc[nH]1)NC(=O)C(CC(C)C)NC(=O)C1CC(OCC=C)CN1C(C)=O)C(N)=O. The molecule has 20 nitrogen and oxygen atoms in total. The van der Waals surface area contributed by atoms with Crippen LogP contribution >= 0.6 is 7.82 Å². The van der Waals surface area contributed by atoms with Gasteiger partial charge in [-0.1, -0.05) is 26.0 Å². The number of phosphoric ester groups is 1. The standard InChI is InChI=1S/C35H57N8O12P/c1-7-9-10-11-13-54-56(51,52)55-22(5)30(31(36)46)42-34(49)28(19-44)41-33(48)27(15-24-17-37-20-38-24)39-32(47)26(14-21(3)4)40-35(50)29-16-25(53-12-8-2)18-43(29)23(6)45/h7-8,17,20-22,25-30,44H,1-2,9-16,18-19H2,3-6H3,(H2,36,46)(H,37,38)(H,39,47)(H,40,50)(H,41,48)(H,42,49)(H,51,52). The number of carbonyl (C=O) groups excluding carboxylic acids is 6. The normalized spacial score (nSPS) is 19.1. The van der Waals surface area contributed by atoms with E-state index in [0.29, 0.717) is 25.0 Å². The number of hydrogen-bond donors (Lipinski definition) is 8. The minimum Gasteiger partial charge on any atom is -0.394 e. The smallest absolute Gasteiger partial charge is 0.394 e. The predicted octanol–water partition coefficient (Wildman–Crippen LogP) is -0.514. The summed E-state index contributed by atoms with van der Waals surface area (Å²) in [6.45, 7) is 12.7. The summed E-state index contributed by atoms with van der Waals surface area (Å²) >= 11 is 0. The van der Waals surface area contributed by atoms with Crippen molar-refractivity contribution in [1.82, 2.24) is 36.1 Å². The number of likely N-dealkylation sites (tertiary alicyclic amines) is 1. The number of aromatic nitrogens is 2. The summed E-state index contributed by atoms with van der Waals surface area (Å²) < 4.78 is 28.1. The monoisotopic (exact) mass is 812 g/mol. The van der Waals surface area contributed by atoms with Gasteiger partial charge >= 0.3 is 7.82 Å². The number of hydrogen-bond acceptors (Lipinski definition) is 12. The van der Waals surface area contributed by atoms with Gasteiger partial charge in [0, 0.05) is 38.2 Å². The molecule has 1 aliphatic rings. The Morgan fingerprint density at radius 2 is 1.70 bits per heavy atom. The number of H-pyrrole nitrogens is 1. The molecule has 1 aromatic heterocycles. The van der Waals surface area contributed by atoms with Crippen molar-refractivity contribution in [1.29, 1.82) is 0 Å². The molecule has 1 aromatic rings. The van der Waals surface area contributed by atoms with E-state index in [-0.39, 0.29) is 50.8 Å². The van der Waals surface area contributed by atoms with E-state index in [9.17, 15) is 43.3 Å². The molecule has 0 bridgehead atoms. The van der Waals surface area contributed by atoms with Gasteiger partial charge < -0.3 is 51.6 Å². The highest BCUT2D eigenvalue weighted by molar-refractivity contribution is 7.47. The molecule has 56 heavy (non-hydrogen) atoms. The van der Waals surface area contributed by atoms with Crippen molar-refractivity contribution >= 4 is 43.3 Å². The molecule has 314 valence electrons. The third-order valence-electron chi connectivity index (χ3n) is 8.62. The Kier molecular flexibility index (Phi) is 20.1. The van der Waals surface area contributed by atoms with Crippen LogP contribution in [-0.2, 0) is 53.5 Å². The number of ether oxygens (including phenoxy) is 1. The number of amides is 6. The van der Waals surface area contributed by atoms with Gasteiger partial charge in [0.25, 0.3) is 0 Å². The highest BCUT2D eigenvalue weighted by atomic mass is 31.2. The first-order valence-electron chi connectivity index (χ1n) is 18.3. The zero-order valence-corrected chi connectivity index (χ0v) is 33.2. The number of aliphatic hydroxyl groups is 1. The average Bonchev–Trinajstić information content (AvgIpc) is 3.81. The second kappa shape index (κ2) is 23.6. The van der Waals surface area contributed by atoms with Gasteiger partial charge in [0.1, 0.15) is 30.2 Å². The summed E-state index contributed by atoms with van der Waals surface area (Å²) in [7, 11) is -4.69. The van der Waals surface area contributed by atoms with Crippen molar-refractivity contribution in [2.24, 2.45) is 11.7 Å². The number of unbranched alkanes of at least 4 members (excludes halogenated alkanes) is 2. The maximum atomic E-state index is 13.8. The summed E-state index contributed by atoms with van der Waals surface area (Å²) in [5.74, 6) is -5.02. The Balaban J connectivity index is 2.21. The highest BCUT2D eigenvalue weighted by Gasteiger charge is 2.41. The summed E-state index contributed by atoms with van der Waals surface area (Å²) in [4.78, 5) is 97.2. The van der Waals surface area contributed by atoms with Crippen LogP contribution in [-0.4, -0.2) is 129 Å². The van der Waals surface area contributed by atoms with Gasteiger partial charge in [0.05, 0.1) is 38.4 Å². The Bertz CT molecular complexity index is 1540. The summed E-state index contributed by atoms with van der Waals surface area (Å²) in [5.41, 5.74) is 5.85. The lowest BCUT2D eigenvalue weighted by Crippen LogP contribution is -2.61. The second-order valence-corrected chi connectivity index (χ2v) is 15.1. The molecular weight excluding hydrogens is 755 g/mol. The molecule has 1 aliphatic heterocycles. The van der Waals surface area contributed by atoms with Crippen LogP contribution in [0.15, 0.2) is 37.8 Å². The quantitative estimate of drug-likeness (QED) is 0.0333. The van der Waals surface area contributed by atoms with Crippen LogP contribution in [0.5, 0.6) is 0 Å². The fraction of sp³-hybridized carbons (Fsp3) is 0.629. The number of phosphoric acid groups is 1. The van der Waals surface area contributed by atoms with Crippen molar-refractivity contribution in [2.75, 3.05) is 26.4 Å². The number of nitrogens with two attached hydrogens (primary N) is 1. The zero-order chi connectivity index (χ0) is 42.0. The van der Waals surface area contributed by atoms with E-state index in [0.717, 1.165) is 0 Å². The van der Waals surface area contributed by atoms with E-state index in [2.05, 4.69) is 44.4 Å². The first-order chi connectivity index (χ1) is 26.4. The van der Waals surface area contributed by atoms with Crippen LogP contribution in [0.1, 0.15) is 65.5 Å². The predicted molar refractivity (Wildman–Crippen MR) is 202 cm³/mol. The van der Waals surface area contributed by atoms with Gasteiger partial charge in [-0.2, -0.15) is 0 Å². The van der Waals surface area contributed by atoms with Crippen LogP contribution < -0.4 is 27.0 Å². The van der Waals surface area contributed by atoms with Gasteiger partial charge in [-0.15, -0.1) is 13.2 Å². The Hall–Kier alpha value is -4.46. The topological polar surface area (TPSA) is 294 Å². The van der Waals surface area contributed by atoms with Gasteiger partial charge in [-0.3, -0.25) is 37.8 Å². The molecule has 8 unspecified atom stereocenters. The van der Waals surface area contributed by atoms with E-state index in [1.807, 2.05) is 13.8 Å². The highest BCUT2D eigenvalue weighted by Crippen LogP contribution is 2.45. The number of carbonyl (C=O) groups is 6.